The fourth-order valence-corrected chi connectivity index (χ4v) is 5.89. The standard InChI is InChI=1S/C25H36O2/c1-6-9-11-20(8-3)19-24(5)14-13-23(4)15-16-25(26-17-18-27-25)22(23)21(24)12-10-7-2/h3,6-7,10,13-14,20-22H,1,9,11-12,15-19H2,2,4-5H3/b10-7-/t20?,21-,22-,23-,24+/m1/s1. The van der Waals surface area contributed by atoms with Gasteiger partial charge in [-0.05, 0) is 55.8 Å². The van der Waals surface area contributed by atoms with E-state index in [4.69, 9.17) is 15.9 Å². The van der Waals surface area contributed by atoms with Gasteiger partial charge < -0.3 is 9.47 Å². The first-order chi connectivity index (χ1) is 12.9. The summed E-state index contributed by atoms with van der Waals surface area (Å²) in [6.07, 6.45) is 23.5. The van der Waals surface area contributed by atoms with Gasteiger partial charge in [-0.2, -0.15) is 0 Å². The third-order valence-electron chi connectivity index (χ3n) is 7.33. The van der Waals surface area contributed by atoms with Gasteiger partial charge in [-0.1, -0.05) is 44.2 Å². The summed E-state index contributed by atoms with van der Waals surface area (Å²) in [6.45, 7) is 12.2. The first kappa shape index (κ1) is 20.4. The summed E-state index contributed by atoms with van der Waals surface area (Å²) >= 11 is 0. The highest BCUT2D eigenvalue weighted by molar-refractivity contribution is 5.23. The third-order valence-corrected chi connectivity index (χ3v) is 7.33. The molecule has 1 aliphatic heterocycles. The summed E-state index contributed by atoms with van der Waals surface area (Å²) in [5, 5.41) is 0. The Labute approximate surface area is 166 Å². The van der Waals surface area contributed by atoms with Gasteiger partial charge in [0.05, 0.1) is 13.2 Å². The van der Waals surface area contributed by atoms with E-state index in [0.29, 0.717) is 11.8 Å². The van der Waals surface area contributed by atoms with E-state index in [1.807, 2.05) is 6.08 Å². The molecule has 148 valence electrons. The van der Waals surface area contributed by atoms with E-state index in [1.54, 1.807) is 0 Å². The molecule has 3 rings (SSSR count). The molecular weight excluding hydrogens is 332 g/mol. The van der Waals surface area contributed by atoms with Crippen molar-refractivity contribution in [3.05, 3.63) is 37.0 Å². The van der Waals surface area contributed by atoms with Gasteiger partial charge in [-0.25, -0.2) is 0 Å². The van der Waals surface area contributed by atoms with Crippen molar-refractivity contribution in [3.63, 3.8) is 0 Å². The Morgan fingerprint density at radius 3 is 2.63 bits per heavy atom. The van der Waals surface area contributed by atoms with Crippen LogP contribution in [0.25, 0.3) is 0 Å². The van der Waals surface area contributed by atoms with Crippen molar-refractivity contribution in [2.45, 2.75) is 65.1 Å². The van der Waals surface area contributed by atoms with E-state index in [-0.39, 0.29) is 16.7 Å². The molecular formula is C25H36O2. The molecule has 5 atom stereocenters. The minimum Gasteiger partial charge on any atom is -0.347 e. The lowest BCUT2D eigenvalue weighted by Gasteiger charge is -2.52. The van der Waals surface area contributed by atoms with E-state index in [9.17, 15) is 0 Å². The van der Waals surface area contributed by atoms with Crippen LogP contribution < -0.4 is 0 Å². The molecule has 1 heterocycles. The van der Waals surface area contributed by atoms with Gasteiger partial charge in [-0.15, -0.1) is 18.9 Å². The van der Waals surface area contributed by atoms with Crippen LogP contribution >= 0.6 is 0 Å². The molecule has 0 amide bonds. The number of rotatable bonds is 7. The number of hydrogen-bond acceptors (Lipinski definition) is 2. The second-order valence-corrected chi connectivity index (χ2v) is 9.18. The zero-order valence-electron chi connectivity index (χ0n) is 17.4. The quantitative estimate of drug-likeness (QED) is 0.411. The minimum absolute atomic E-state index is 0.0501. The highest BCUT2D eigenvalue weighted by Gasteiger charge is 2.63. The molecule has 0 aromatic rings. The SMILES string of the molecule is C#CC(CCC=C)C[C@]1(C)C=C[C@]2(C)CCC3(OCCO3)[C@@H]2[C@H]1C/C=C\C. The molecule has 0 aromatic heterocycles. The average Bonchev–Trinajstić information content (AvgIpc) is 3.25. The van der Waals surface area contributed by atoms with Gasteiger partial charge in [0, 0.05) is 18.3 Å². The summed E-state index contributed by atoms with van der Waals surface area (Å²) < 4.78 is 12.6. The second kappa shape index (κ2) is 7.98. The number of allylic oxidation sites excluding steroid dienone is 5. The summed E-state index contributed by atoms with van der Waals surface area (Å²) in [4.78, 5) is 0. The molecule has 1 saturated heterocycles. The molecule has 2 nitrogen and oxygen atoms in total. The minimum atomic E-state index is -0.403. The summed E-state index contributed by atoms with van der Waals surface area (Å²) in [5.74, 6) is 3.76. The lowest BCUT2D eigenvalue weighted by atomic mass is 9.54. The zero-order chi connectivity index (χ0) is 19.5. The van der Waals surface area contributed by atoms with Gasteiger partial charge in [0.2, 0.25) is 0 Å². The monoisotopic (exact) mass is 368 g/mol. The molecule has 0 aromatic carbocycles. The van der Waals surface area contributed by atoms with Crippen LogP contribution in [0.3, 0.4) is 0 Å². The van der Waals surface area contributed by atoms with Crippen LogP contribution in [0.5, 0.6) is 0 Å². The Bertz CT molecular complexity index is 633. The van der Waals surface area contributed by atoms with Gasteiger partial charge in [-0.3, -0.25) is 0 Å². The summed E-state index contributed by atoms with van der Waals surface area (Å²) in [5.41, 5.74) is 0.192. The van der Waals surface area contributed by atoms with E-state index < -0.39 is 5.79 Å². The van der Waals surface area contributed by atoms with Gasteiger partial charge in [0.15, 0.2) is 5.79 Å². The summed E-state index contributed by atoms with van der Waals surface area (Å²) in [6, 6.07) is 0. The van der Waals surface area contributed by atoms with Crippen LogP contribution in [0, 0.1) is 40.9 Å². The predicted octanol–water partition coefficient (Wildman–Crippen LogP) is 5.91. The first-order valence-electron chi connectivity index (χ1n) is 10.6. The van der Waals surface area contributed by atoms with Crippen molar-refractivity contribution >= 4 is 0 Å². The highest BCUT2D eigenvalue weighted by Crippen LogP contribution is 2.64. The van der Waals surface area contributed by atoms with Crippen LogP contribution in [0.15, 0.2) is 37.0 Å². The fourth-order valence-electron chi connectivity index (χ4n) is 5.89. The maximum absolute atomic E-state index is 6.30. The normalized spacial score (nSPS) is 38.1. The number of ether oxygens (including phenoxy) is 2. The molecule has 2 aliphatic carbocycles. The van der Waals surface area contributed by atoms with E-state index in [1.165, 1.54) is 0 Å². The molecule has 1 saturated carbocycles. The maximum Gasteiger partial charge on any atom is 0.172 e. The smallest absolute Gasteiger partial charge is 0.172 e. The lowest BCUT2D eigenvalue weighted by molar-refractivity contribution is -0.213. The van der Waals surface area contributed by atoms with Crippen LogP contribution in [0.4, 0.5) is 0 Å². The molecule has 2 fully saturated rings. The fraction of sp³-hybridized carbons (Fsp3) is 0.680. The van der Waals surface area contributed by atoms with E-state index in [2.05, 4.69) is 57.6 Å². The largest absolute Gasteiger partial charge is 0.347 e. The van der Waals surface area contributed by atoms with Crippen molar-refractivity contribution in [2.75, 3.05) is 13.2 Å². The highest BCUT2D eigenvalue weighted by atomic mass is 16.7. The molecule has 0 radical (unpaired) electrons. The van der Waals surface area contributed by atoms with Crippen LogP contribution in [0.1, 0.15) is 59.3 Å². The number of hydrogen-bond donors (Lipinski definition) is 0. The Morgan fingerprint density at radius 2 is 2.00 bits per heavy atom. The molecule has 0 bridgehead atoms. The van der Waals surface area contributed by atoms with Crippen LogP contribution in [-0.2, 0) is 9.47 Å². The van der Waals surface area contributed by atoms with Crippen molar-refractivity contribution in [2.24, 2.45) is 28.6 Å². The topological polar surface area (TPSA) is 18.5 Å². The van der Waals surface area contributed by atoms with Crippen LogP contribution in [0.2, 0.25) is 0 Å². The molecule has 3 aliphatic rings. The molecule has 0 N–H and O–H groups in total. The van der Waals surface area contributed by atoms with Crippen molar-refractivity contribution in [1.82, 2.24) is 0 Å². The van der Waals surface area contributed by atoms with Gasteiger partial charge >= 0.3 is 0 Å². The molecule has 1 unspecified atom stereocenters. The Hall–Kier alpha value is -1.30. The number of fused-ring (bicyclic) bond motifs is 2. The van der Waals surface area contributed by atoms with Crippen molar-refractivity contribution < 1.29 is 9.47 Å². The lowest BCUT2D eigenvalue weighted by Crippen LogP contribution is -2.51. The first-order valence-corrected chi connectivity index (χ1v) is 10.6. The molecule has 2 heteroatoms. The Kier molecular flexibility index (Phi) is 6.04. The Balaban J connectivity index is 1.96. The average molecular weight is 369 g/mol. The maximum atomic E-state index is 6.30. The van der Waals surface area contributed by atoms with E-state index >= 15 is 0 Å². The second-order valence-electron chi connectivity index (χ2n) is 9.18. The van der Waals surface area contributed by atoms with Crippen LogP contribution in [-0.4, -0.2) is 19.0 Å². The summed E-state index contributed by atoms with van der Waals surface area (Å²) in [7, 11) is 0. The Morgan fingerprint density at radius 1 is 1.26 bits per heavy atom. The number of terminal acetylenes is 1. The van der Waals surface area contributed by atoms with Gasteiger partial charge in [0.1, 0.15) is 0 Å². The third kappa shape index (κ3) is 3.69. The van der Waals surface area contributed by atoms with Crippen molar-refractivity contribution in [3.8, 4) is 12.3 Å². The van der Waals surface area contributed by atoms with Gasteiger partial charge in [0.25, 0.3) is 0 Å². The predicted molar refractivity (Wildman–Crippen MR) is 112 cm³/mol. The molecule has 27 heavy (non-hydrogen) atoms. The molecule has 1 spiro atoms. The zero-order valence-corrected chi connectivity index (χ0v) is 17.4. The van der Waals surface area contributed by atoms with E-state index in [0.717, 1.165) is 51.7 Å². The van der Waals surface area contributed by atoms with Crippen molar-refractivity contribution in [1.29, 1.82) is 0 Å².